The highest BCUT2D eigenvalue weighted by Crippen LogP contribution is 2.13. The summed E-state index contributed by atoms with van der Waals surface area (Å²) in [5.41, 5.74) is 0. The third-order valence-corrected chi connectivity index (χ3v) is 4.01. The van der Waals surface area contributed by atoms with E-state index in [1.54, 1.807) is 0 Å². The number of rotatable bonds is 5. The summed E-state index contributed by atoms with van der Waals surface area (Å²) in [5, 5.41) is 6.45. The van der Waals surface area contributed by atoms with Crippen molar-refractivity contribution in [3.05, 3.63) is 0 Å². The van der Waals surface area contributed by atoms with Crippen LogP contribution < -0.4 is 10.6 Å². The van der Waals surface area contributed by atoms with Gasteiger partial charge in [-0.05, 0) is 46.1 Å². The number of carbonyl (C=O) groups is 1. The van der Waals surface area contributed by atoms with Gasteiger partial charge in [0.25, 0.3) is 0 Å². The van der Waals surface area contributed by atoms with Gasteiger partial charge in [0.1, 0.15) is 6.10 Å². The Kier molecular flexibility index (Phi) is 5.60. The zero-order valence-corrected chi connectivity index (χ0v) is 12.0. The minimum Gasteiger partial charge on any atom is -0.376 e. The minimum absolute atomic E-state index is 0.0152. The predicted molar refractivity (Wildman–Crippen MR) is 73.0 cm³/mol. The highest BCUT2D eigenvalue weighted by atomic mass is 16.5. The van der Waals surface area contributed by atoms with Crippen LogP contribution >= 0.6 is 0 Å². The third-order valence-electron chi connectivity index (χ3n) is 4.01. The SMILES string of the molecule is CC(OCC1CCCO1)C(=O)NC1CCCNC1C. The van der Waals surface area contributed by atoms with Gasteiger partial charge in [0, 0.05) is 18.7 Å². The van der Waals surface area contributed by atoms with Crippen molar-refractivity contribution in [1.29, 1.82) is 0 Å². The summed E-state index contributed by atoms with van der Waals surface area (Å²) in [6, 6.07) is 0.554. The molecule has 0 bridgehead atoms. The van der Waals surface area contributed by atoms with Crippen molar-refractivity contribution in [2.24, 2.45) is 0 Å². The molecular weight excluding hydrogens is 244 g/mol. The summed E-state index contributed by atoms with van der Waals surface area (Å²) in [5.74, 6) is -0.0152. The Bertz CT molecular complexity index is 292. The number of ether oxygens (including phenoxy) is 2. The molecule has 0 saturated carbocycles. The molecule has 2 rings (SSSR count). The van der Waals surface area contributed by atoms with E-state index in [0.29, 0.717) is 12.6 Å². The molecule has 2 heterocycles. The number of hydrogen-bond acceptors (Lipinski definition) is 4. The van der Waals surface area contributed by atoms with Gasteiger partial charge in [0.05, 0.1) is 12.7 Å². The Hall–Kier alpha value is -0.650. The topological polar surface area (TPSA) is 59.6 Å². The number of amides is 1. The minimum atomic E-state index is -0.404. The van der Waals surface area contributed by atoms with Crippen LogP contribution in [0.5, 0.6) is 0 Å². The van der Waals surface area contributed by atoms with Crippen molar-refractivity contribution in [2.75, 3.05) is 19.8 Å². The lowest BCUT2D eigenvalue weighted by Gasteiger charge is -2.31. The molecule has 4 unspecified atom stereocenters. The van der Waals surface area contributed by atoms with Crippen LogP contribution in [-0.2, 0) is 14.3 Å². The van der Waals surface area contributed by atoms with Crippen molar-refractivity contribution in [1.82, 2.24) is 10.6 Å². The maximum Gasteiger partial charge on any atom is 0.249 e. The van der Waals surface area contributed by atoms with Gasteiger partial charge in [-0.1, -0.05) is 0 Å². The summed E-state index contributed by atoms with van der Waals surface area (Å²) >= 11 is 0. The molecule has 5 heteroatoms. The first-order valence-electron chi connectivity index (χ1n) is 7.44. The molecule has 0 aromatic rings. The lowest BCUT2D eigenvalue weighted by molar-refractivity contribution is -0.134. The number of hydrogen-bond donors (Lipinski definition) is 2. The molecule has 2 fully saturated rings. The number of nitrogens with one attached hydrogen (secondary N) is 2. The van der Waals surface area contributed by atoms with Gasteiger partial charge in [-0.15, -0.1) is 0 Å². The van der Waals surface area contributed by atoms with E-state index in [4.69, 9.17) is 9.47 Å². The lowest BCUT2D eigenvalue weighted by atomic mass is 10.00. The van der Waals surface area contributed by atoms with Gasteiger partial charge in [0.2, 0.25) is 5.91 Å². The summed E-state index contributed by atoms with van der Waals surface area (Å²) in [6.07, 6.45) is 4.06. The van der Waals surface area contributed by atoms with E-state index in [1.165, 1.54) is 0 Å². The number of piperidine rings is 1. The second kappa shape index (κ2) is 7.22. The van der Waals surface area contributed by atoms with Gasteiger partial charge in [-0.3, -0.25) is 4.79 Å². The molecule has 4 atom stereocenters. The summed E-state index contributed by atoms with van der Waals surface area (Å²) in [6.45, 7) is 6.30. The fourth-order valence-electron chi connectivity index (χ4n) is 2.64. The molecule has 0 radical (unpaired) electrons. The quantitative estimate of drug-likeness (QED) is 0.777. The van der Waals surface area contributed by atoms with Crippen LogP contribution in [0.4, 0.5) is 0 Å². The monoisotopic (exact) mass is 270 g/mol. The molecule has 0 spiro atoms. The zero-order valence-electron chi connectivity index (χ0n) is 12.0. The molecule has 1 amide bonds. The Morgan fingerprint density at radius 2 is 2.32 bits per heavy atom. The van der Waals surface area contributed by atoms with Crippen molar-refractivity contribution >= 4 is 5.91 Å². The Balaban J connectivity index is 1.68. The van der Waals surface area contributed by atoms with Gasteiger partial charge in [-0.2, -0.15) is 0 Å². The van der Waals surface area contributed by atoms with Crippen LogP contribution in [0.3, 0.4) is 0 Å². The van der Waals surface area contributed by atoms with Crippen LogP contribution in [0.2, 0.25) is 0 Å². The van der Waals surface area contributed by atoms with Crippen molar-refractivity contribution in [3.8, 4) is 0 Å². The van der Waals surface area contributed by atoms with E-state index >= 15 is 0 Å². The van der Waals surface area contributed by atoms with Crippen LogP contribution in [0.25, 0.3) is 0 Å². The van der Waals surface area contributed by atoms with Gasteiger partial charge >= 0.3 is 0 Å². The average Bonchev–Trinajstić information content (AvgIpc) is 2.91. The maximum atomic E-state index is 12.1. The summed E-state index contributed by atoms with van der Waals surface area (Å²) in [7, 11) is 0. The summed E-state index contributed by atoms with van der Waals surface area (Å²) < 4.78 is 11.1. The molecule has 19 heavy (non-hydrogen) atoms. The maximum absolute atomic E-state index is 12.1. The van der Waals surface area contributed by atoms with Crippen molar-refractivity contribution in [2.45, 2.75) is 63.8 Å². The molecule has 2 aliphatic rings. The normalized spacial score (nSPS) is 33.1. The van der Waals surface area contributed by atoms with Crippen LogP contribution in [0, 0.1) is 0 Å². The smallest absolute Gasteiger partial charge is 0.249 e. The number of carbonyl (C=O) groups excluding carboxylic acids is 1. The largest absolute Gasteiger partial charge is 0.376 e. The summed E-state index contributed by atoms with van der Waals surface area (Å²) in [4.78, 5) is 12.1. The first kappa shape index (κ1) is 14.8. The highest BCUT2D eigenvalue weighted by Gasteiger charge is 2.25. The second-order valence-corrected chi connectivity index (χ2v) is 5.61. The van der Waals surface area contributed by atoms with Crippen LogP contribution in [0.1, 0.15) is 39.5 Å². The van der Waals surface area contributed by atoms with Crippen LogP contribution in [-0.4, -0.2) is 50.0 Å². The predicted octanol–water partition coefficient (Wildman–Crippen LogP) is 0.827. The Morgan fingerprint density at radius 1 is 1.47 bits per heavy atom. The second-order valence-electron chi connectivity index (χ2n) is 5.61. The zero-order chi connectivity index (χ0) is 13.7. The van der Waals surface area contributed by atoms with E-state index in [1.807, 2.05) is 6.92 Å². The van der Waals surface area contributed by atoms with Crippen molar-refractivity contribution < 1.29 is 14.3 Å². The van der Waals surface area contributed by atoms with Gasteiger partial charge in [-0.25, -0.2) is 0 Å². The van der Waals surface area contributed by atoms with E-state index < -0.39 is 6.10 Å². The van der Waals surface area contributed by atoms with E-state index in [0.717, 1.165) is 38.8 Å². The fourth-order valence-corrected chi connectivity index (χ4v) is 2.64. The molecule has 2 N–H and O–H groups in total. The molecule has 0 aromatic carbocycles. The molecule has 5 nitrogen and oxygen atoms in total. The molecule has 0 aliphatic carbocycles. The Morgan fingerprint density at radius 3 is 3.00 bits per heavy atom. The van der Waals surface area contributed by atoms with Gasteiger partial charge in [0.15, 0.2) is 0 Å². The third kappa shape index (κ3) is 4.44. The van der Waals surface area contributed by atoms with Gasteiger partial charge < -0.3 is 20.1 Å². The fraction of sp³-hybridized carbons (Fsp3) is 0.929. The first-order chi connectivity index (χ1) is 9.16. The van der Waals surface area contributed by atoms with Crippen molar-refractivity contribution in [3.63, 3.8) is 0 Å². The average molecular weight is 270 g/mol. The molecule has 2 aliphatic heterocycles. The van der Waals surface area contributed by atoms with E-state index in [2.05, 4.69) is 17.6 Å². The molecule has 2 saturated heterocycles. The highest BCUT2D eigenvalue weighted by molar-refractivity contribution is 5.80. The molecular formula is C14H26N2O3. The first-order valence-corrected chi connectivity index (χ1v) is 7.44. The van der Waals surface area contributed by atoms with E-state index in [9.17, 15) is 4.79 Å². The Labute approximate surface area is 115 Å². The lowest BCUT2D eigenvalue weighted by Crippen LogP contribution is -2.54. The van der Waals surface area contributed by atoms with E-state index in [-0.39, 0.29) is 18.1 Å². The molecule has 0 aromatic heterocycles. The van der Waals surface area contributed by atoms with Crippen LogP contribution in [0.15, 0.2) is 0 Å². The molecule has 110 valence electrons. The standard InChI is InChI=1S/C14H26N2O3/c1-10-13(6-3-7-15-10)16-14(17)11(2)19-9-12-5-4-8-18-12/h10-13,15H,3-9H2,1-2H3,(H,16,17).